The van der Waals surface area contributed by atoms with Crippen LogP contribution < -0.4 is 20.1 Å². The van der Waals surface area contributed by atoms with Gasteiger partial charge >= 0.3 is 0 Å². The van der Waals surface area contributed by atoms with Gasteiger partial charge in [0.05, 0.1) is 0 Å². The van der Waals surface area contributed by atoms with Crippen molar-refractivity contribution in [1.29, 1.82) is 0 Å². The molecule has 1 aliphatic rings. The molecule has 28 heavy (non-hydrogen) atoms. The maximum absolute atomic E-state index is 5.43. The number of rotatable bonds is 9. The molecule has 1 aromatic carbocycles. The minimum absolute atomic E-state index is 0. The molecule has 0 unspecified atom stereocenters. The van der Waals surface area contributed by atoms with Crippen molar-refractivity contribution in [2.75, 3.05) is 26.4 Å². The number of aliphatic imine (C=N–C) groups is 1. The van der Waals surface area contributed by atoms with E-state index < -0.39 is 0 Å². The Labute approximate surface area is 184 Å². The van der Waals surface area contributed by atoms with E-state index in [2.05, 4.69) is 38.2 Å². The Morgan fingerprint density at radius 1 is 1.21 bits per heavy atom. The molecule has 8 heteroatoms. The van der Waals surface area contributed by atoms with Gasteiger partial charge in [-0.25, -0.2) is 4.98 Å². The summed E-state index contributed by atoms with van der Waals surface area (Å²) in [6.45, 7) is 7.91. The maximum Gasteiger partial charge on any atom is 0.231 e. The molecule has 0 saturated carbocycles. The summed E-state index contributed by atoms with van der Waals surface area (Å²) in [6, 6.07) is 6.10. The molecular formula is C20H30IN5O2. The topological polar surface area (TPSA) is 72.7 Å². The molecule has 0 aliphatic carbocycles. The predicted octanol–water partition coefficient (Wildman–Crippen LogP) is 3.12. The number of nitrogens with zero attached hydrogens (tertiary/aromatic N) is 3. The lowest BCUT2D eigenvalue weighted by molar-refractivity contribution is 0.174. The second-order valence-electron chi connectivity index (χ2n) is 6.50. The van der Waals surface area contributed by atoms with E-state index in [4.69, 9.17) is 9.47 Å². The van der Waals surface area contributed by atoms with Crippen molar-refractivity contribution < 1.29 is 9.47 Å². The van der Waals surface area contributed by atoms with Gasteiger partial charge in [0.2, 0.25) is 6.79 Å². The van der Waals surface area contributed by atoms with E-state index in [0.29, 0.717) is 6.79 Å². The second kappa shape index (κ2) is 11.8. The SMILES string of the molecule is CCNC(=NCCCCn1ccnc1C)NCCc1ccc2c(c1)OCO2.I. The van der Waals surface area contributed by atoms with Crippen LogP contribution in [0.1, 0.15) is 31.2 Å². The highest BCUT2D eigenvalue weighted by atomic mass is 127. The van der Waals surface area contributed by atoms with Crippen LogP contribution in [0.5, 0.6) is 11.5 Å². The molecule has 0 fully saturated rings. The number of nitrogens with one attached hydrogen (secondary N) is 2. The average molecular weight is 499 g/mol. The lowest BCUT2D eigenvalue weighted by Gasteiger charge is -2.11. The zero-order valence-electron chi connectivity index (χ0n) is 16.6. The van der Waals surface area contributed by atoms with Crippen LogP contribution in [-0.4, -0.2) is 41.9 Å². The van der Waals surface area contributed by atoms with E-state index in [1.54, 1.807) is 0 Å². The van der Waals surface area contributed by atoms with Gasteiger partial charge in [0, 0.05) is 38.6 Å². The number of halogens is 1. The van der Waals surface area contributed by atoms with Crippen molar-refractivity contribution in [2.45, 2.75) is 39.7 Å². The standard InChI is InChI=1S/C20H29N5O2.HI/c1-3-21-20(23-9-4-5-12-25-13-11-22-16(25)2)24-10-8-17-6-7-18-19(14-17)27-15-26-18;/h6-7,11,13-14H,3-5,8-10,12,15H2,1-2H3,(H2,21,23,24);1H. The first-order valence-corrected chi connectivity index (χ1v) is 9.64. The summed E-state index contributed by atoms with van der Waals surface area (Å²) >= 11 is 0. The van der Waals surface area contributed by atoms with Crippen molar-refractivity contribution in [1.82, 2.24) is 20.2 Å². The van der Waals surface area contributed by atoms with Gasteiger partial charge in [0.1, 0.15) is 5.82 Å². The van der Waals surface area contributed by atoms with Gasteiger partial charge in [-0.15, -0.1) is 24.0 Å². The normalized spacial score (nSPS) is 12.6. The molecule has 1 aromatic heterocycles. The fourth-order valence-corrected chi connectivity index (χ4v) is 2.99. The summed E-state index contributed by atoms with van der Waals surface area (Å²) in [7, 11) is 0. The molecule has 2 N–H and O–H groups in total. The molecule has 3 rings (SSSR count). The predicted molar refractivity (Wildman–Crippen MR) is 122 cm³/mol. The fraction of sp³-hybridized carbons (Fsp3) is 0.500. The van der Waals surface area contributed by atoms with Gasteiger partial charge in [-0.2, -0.15) is 0 Å². The monoisotopic (exact) mass is 499 g/mol. The number of ether oxygens (including phenoxy) is 2. The van der Waals surface area contributed by atoms with Gasteiger partial charge in [0.25, 0.3) is 0 Å². The molecule has 2 heterocycles. The third-order valence-electron chi connectivity index (χ3n) is 4.49. The highest BCUT2D eigenvalue weighted by molar-refractivity contribution is 14.0. The Morgan fingerprint density at radius 2 is 2.07 bits per heavy atom. The largest absolute Gasteiger partial charge is 0.454 e. The molecule has 154 valence electrons. The number of benzene rings is 1. The first-order chi connectivity index (χ1) is 13.3. The molecule has 0 bridgehead atoms. The quantitative estimate of drug-likeness (QED) is 0.240. The highest BCUT2D eigenvalue weighted by Gasteiger charge is 2.12. The number of guanidine groups is 1. The maximum atomic E-state index is 5.43. The van der Waals surface area contributed by atoms with E-state index in [-0.39, 0.29) is 24.0 Å². The van der Waals surface area contributed by atoms with E-state index >= 15 is 0 Å². The van der Waals surface area contributed by atoms with E-state index in [1.165, 1.54) is 5.56 Å². The van der Waals surface area contributed by atoms with Gasteiger partial charge in [-0.3, -0.25) is 4.99 Å². The Hall–Kier alpha value is -1.97. The van der Waals surface area contributed by atoms with Crippen molar-refractivity contribution in [3.05, 3.63) is 42.0 Å². The number of hydrogen-bond acceptors (Lipinski definition) is 4. The number of imidazole rings is 1. The summed E-state index contributed by atoms with van der Waals surface area (Å²) in [5, 5.41) is 6.71. The molecule has 7 nitrogen and oxygen atoms in total. The van der Waals surface area contributed by atoms with Crippen LogP contribution in [0.2, 0.25) is 0 Å². The van der Waals surface area contributed by atoms with Crippen molar-refractivity contribution in [2.24, 2.45) is 4.99 Å². The van der Waals surface area contributed by atoms with Crippen LogP contribution in [0.25, 0.3) is 0 Å². The second-order valence-corrected chi connectivity index (χ2v) is 6.50. The van der Waals surface area contributed by atoms with Crippen LogP contribution >= 0.6 is 24.0 Å². The zero-order valence-corrected chi connectivity index (χ0v) is 18.9. The first kappa shape index (κ1) is 22.3. The van der Waals surface area contributed by atoms with E-state index in [1.807, 2.05) is 31.5 Å². The van der Waals surface area contributed by atoms with E-state index in [9.17, 15) is 0 Å². The van der Waals surface area contributed by atoms with Gasteiger partial charge in [-0.1, -0.05) is 6.07 Å². The minimum atomic E-state index is 0. The average Bonchev–Trinajstić information content (AvgIpc) is 3.30. The van der Waals surface area contributed by atoms with Crippen LogP contribution in [0.4, 0.5) is 0 Å². The van der Waals surface area contributed by atoms with Crippen molar-refractivity contribution >= 4 is 29.9 Å². The Bertz CT molecular complexity index is 763. The highest BCUT2D eigenvalue weighted by Crippen LogP contribution is 2.32. The van der Waals surface area contributed by atoms with Gasteiger partial charge in [0.15, 0.2) is 17.5 Å². The summed E-state index contributed by atoms with van der Waals surface area (Å²) in [6.07, 6.45) is 6.93. The summed E-state index contributed by atoms with van der Waals surface area (Å²) in [5.41, 5.74) is 1.22. The fourth-order valence-electron chi connectivity index (χ4n) is 2.99. The number of aryl methyl sites for hydroxylation is 2. The summed E-state index contributed by atoms with van der Waals surface area (Å²) in [5.74, 6) is 3.60. The molecule has 0 radical (unpaired) electrons. The summed E-state index contributed by atoms with van der Waals surface area (Å²) < 4.78 is 13.0. The molecule has 0 atom stereocenters. The van der Waals surface area contributed by atoms with Crippen LogP contribution in [0.15, 0.2) is 35.6 Å². The third kappa shape index (κ3) is 6.57. The van der Waals surface area contributed by atoms with Gasteiger partial charge in [-0.05, 0) is 50.8 Å². The van der Waals surface area contributed by atoms with Crippen LogP contribution in [0.3, 0.4) is 0 Å². The third-order valence-corrected chi connectivity index (χ3v) is 4.49. The Balaban J connectivity index is 0.00000280. The Kier molecular flexibility index (Phi) is 9.39. The van der Waals surface area contributed by atoms with E-state index in [0.717, 1.165) is 68.7 Å². The van der Waals surface area contributed by atoms with Gasteiger partial charge < -0.3 is 24.7 Å². The molecular weight excluding hydrogens is 469 g/mol. The first-order valence-electron chi connectivity index (χ1n) is 9.64. The number of aromatic nitrogens is 2. The van der Waals surface area contributed by atoms with Crippen LogP contribution in [-0.2, 0) is 13.0 Å². The molecule has 0 spiro atoms. The molecule has 0 saturated heterocycles. The lowest BCUT2D eigenvalue weighted by atomic mass is 10.1. The number of hydrogen-bond donors (Lipinski definition) is 2. The lowest BCUT2D eigenvalue weighted by Crippen LogP contribution is -2.38. The van der Waals surface area contributed by atoms with Crippen molar-refractivity contribution in [3.8, 4) is 11.5 Å². The Morgan fingerprint density at radius 3 is 2.86 bits per heavy atom. The zero-order chi connectivity index (χ0) is 18.9. The molecule has 1 aliphatic heterocycles. The smallest absolute Gasteiger partial charge is 0.231 e. The number of unbranched alkanes of at least 4 members (excludes halogenated alkanes) is 1. The van der Waals surface area contributed by atoms with Crippen LogP contribution in [0, 0.1) is 6.92 Å². The molecule has 2 aromatic rings. The summed E-state index contributed by atoms with van der Waals surface area (Å²) in [4.78, 5) is 8.92. The number of fused-ring (bicyclic) bond motifs is 1. The van der Waals surface area contributed by atoms with Crippen molar-refractivity contribution in [3.63, 3.8) is 0 Å². The minimum Gasteiger partial charge on any atom is -0.454 e. The molecule has 0 amide bonds.